The van der Waals surface area contributed by atoms with Crippen LogP contribution >= 0.6 is 0 Å². The zero-order chi connectivity index (χ0) is 16.9. The van der Waals surface area contributed by atoms with E-state index in [2.05, 4.69) is 13.5 Å². The van der Waals surface area contributed by atoms with Crippen molar-refractivity contribution in [2.24, 2.45) is 35.5 Å². The van der Waals surface area contributed by atoms with E-state index < -0.39 is 0 Å². The number of rotatable bonds is 5. The molecule has 0 amide bonds. The first-order valence-corrected chi connectivity index (χ1v) is 10.5. The molecular weight excluding hydrogens is 296 g/mol. The van der Waals surface area contributed by atoms with Gasteiger partial charge in [0.1, 0.15) is 0 Å². The van der Waals surface area contributed by atoms with Crippen molar-refractivity contribution in [3.8, 4) is 0 Å². The lowest BCUT2D eigenvalue weighted by Crippen LogP contribution is -2.35. The van der Waals surface area contributed by atoms with Crippen LogP contribution in [0.4, 0.5) is 0 Å². The molecule has 2 nitrogen and oxygen atoms in total. The summed E-state index contributed by atoms with van der Waals surface area (Å²) in [5, 5.41) is 0. The minimum Gasteiger partial charge on any atom is -0.435 e. The van der Waals surface area contributed by atoms with E-state index in [4.69, 9.17) is 4.74 Å². The van der Waals surface area contributed by atoms with Crippen molar-refractivity contribution in [3.63, 3.8) is 0 Å². The fraction of sp³-hybridized carbons (Fsp3) is 0.864. The van der Waals surface area contributed by atoms with Gasteiger partial charge in [-0.1, -0.05) is 32.8 Å². The minimum atomic E-state index is -0.0543. The van der Waals surface area contributed by atoms with Gasteiger partial charge >= 0.3 is 5.97 Å². The molecule has 0 saturated heterocycles. The second-order valence-corrected chi connectivity index (χ2v) is 8.78. The molecule has 3 rings (SSSR count). The van der Waals surface area contributed by atoms with Crippen molar-refractivity contribution in [1.82, 2.24) is 0 Å². The maximum absolute atomic E-state index is 11.9. The second-order valence-electron chi connectivity index (χ2n) is 8.78. The van der Waals surface area contributed by atoms with Gasteiger partial charge in [0.05, 0.1) is 12.2 Å². The number of hydrogen-bond acceptors (Lipinski definition) is 2. The minimum absolute atomic E-state index is 0.0543. The molecule has 0 radical (unpaired) electrons. The molecule has 0 heterocycles. The van der Waals surface area contributed by atoms with Gasteiger partial charge in [0.2, 0.25) is 0 Å². The first-order chi connectivity index (χ1) is 11.7. The van der Waals surface area contributed by atoms with Crippen molar-refractivity contribution >= 4 is 5.97 Å². The van der Waals surface area contributed by atoms with Crippen LogP contribution in [0.5, 0.6) is 0 Å². The Kier molecular flexibility index (Phi) is 6.41. The number of carbonyl (C=O) groups is 1. The Balaban J connectivity index is 1.45. The third-order valence-corrected chi connectivity index (χ3v) is 7.43. The van der Waals surface area contributed by atoms with Crippen molar-refractivity contribution in [1.29, 1.82) is 0 Å². The van der Waals surface area contributed by atoms with Gasteiger partial charge in [0.25, 0.3) is 0 Å². The van der Waals surface area contributed by atoms with Crippen LogP contribution < -0.4 is 0 Å². The van der Waals surface area contributed by atoms with Crippen molar-refractivity contribution < 1.29 is 9.53 Å². The Hall–Kier alpha value is -0.790. The van der Waals surface area contributed by atoms with Crippen molar-refractivity contribution in [3.05, 3.63) is 12.8 Å². The van der Waals surface area contributed by atoms with E-state index in [9.17, 15) is 4.79 Å². The molecular formula is C22H36O2. The van der Waals surface area contributed by atoms with Gasteiger partial charge < -0.3 is 4.74 Å². The SMILES string of the molecule is C=COC(=O)C1CCC(C2CCC3CC(CCC)CCC3C2)CC1. The lowest BCUT2D eigenvalue weighted by Gasteiger charge is -2.45. The summed E-state index contributed by atoms with van der Waals surface area (Å²) in [6.07, 6.45) is 17.5. The van der Waals surface area contributed by atoms with Gasteiger partial charge in [-0.25, -0.2) is 0 Å². The molecule has 3 saturated carbocycles. The van der Waals surface area contributed by atoms with Crippen molar-refractivity contribution in [2.45, 2.75) is 84.0 Å². The normalized spacial score (nSPS) is 39.7. The molecule has 3 aliphatic rings. The highest BCUT2D eigenvalue weighted by Crippen LogP contribution is 2.49. The summed E-state index contributed by atoms with van der Waals surface area (Å²) in [4.78, 5) is 11.9. The summed E-state index contributed by atoms with van der Waals surface area (Å²) in [5.74, 6) is 4.95. The number of fused-ring (bicyclic) bond motifs is 1. The summed E-state index contributed by atoms with van der Waals surface area (Å²) in [6.45, 7) is 5.83. The maximum Gasteiger partial charge on any atom is 0.313 e. The lowest BCUT2D eigenvalue weighted by molar-refractivity contribution is -0.144. The Morgan fingerprint density at radius 2 is 1.50 bits per heavy atom. The van der Waals surface area contributed by atoms with E-state index in [0.29, 0.717) is 0 Å². The number of ether oxygens (including phenoxy) is 1. The molecule has 3 fully saturated rings. The fourth-order valence-corrected chi connectivity index (χ4v) is 6.13. The smallest absolute Gasteiger partial charge is 0.313 e. The summed E-state index contributed by atoms with van der Waals surface area (Å²) < 4.78 is 4.99. The van der Waals surface area contributed by atoms with Crippen molar-refractivity contribution in [2.75, 3.05) is 0 Å². The highest BCUT2D eigenvalue weighted by Gasteiger charge is 2.39. The molecule has 4 unspecified atom stereocenters. The van der Waals surface area contributed by atoms with E-state index in [1.165, 1.54) is 70.5 Å². The van der Waals surface area contributed by atoms with Gasteiger partial charge in [-0.05, 0) is 87.4 Å². The molecule has 2 heteroatoms. The first kappa shape index (κ1) is 18.0. The summed E-state index contributed by atoms with van der Waals surface area (Å²) in [6, 6.07) is 0. The van der Waals surface area contributed by atoms with E-state index in [0.717, 1.165) is 42.4 Å². The van der Waals surface area contributed by atoms with Crippen LogP contribution in [0.25, 0.3) is 0 Å². The fourth-order valence-electron chi connectivity index (χ4n) is 6.13. The van der Waals surface area contributed by atoms with Gasteiger partial charge in [-0.2, -0.15) is 0 Å². The van der Waals surface area contributed by atoms with Crippen LogP contribution in [-0.2, 0) is 9.53 Å². The predicted octanol–water partition coefficient (Wildman–Crippen LogP) is 6.11. The second kappa shape index (κ2) is 8.54. The lowest BCUT2D eigenvalue weighted by atomic mass is 9.60. The first-order valence-electron chi connectivity index (χ1n) is 10.5. The molecule has 0 bridgehead atoms. The highest BCUT2D eigenvalue weighted by molar-refractivity contribution is 5.73. The number of carbonyl (C=O) groups excluding carboxylic acids is 1. The highest BCUT2D eigenvalue weighted by atomic mass is 16.5. The van der Waals surface area contributed by atoms with Crippen LogP contribution in [0.1, 0.15) is 84.0 Å². The monoisotopic (exact) mass is 332 g/mol. The van der Waals surface area contributed by atoms with Gasteiger partial charge in [0.15, 0.2) is 0 Å². The Labute approximate surface area is 148 Å². The molecule has 0 aromatic carbocycles. The van der Waals surface area contributed by atoms with Gasteiger partial charge in [-0.15, -0.1) is 0 Å². The number of hydrogen-bond donors (Lipinski definition) is 0. The topological polar surface area (TPSA) is 26.3 Å². The van der Waals surface area contributed by atoms with E-state index >= 15 is 0 Å². The molecule has 0 aromatic rings. The molecule has 0 spiro atoms. The third-order valence-electron chi connectivity index (χ3n) is 7.43. The molecule has 136 valence electrons. The molecule has 3 aliphatic carbocycles. The summed E-state index contributed by atoms with van der Waals surface area (Å²) in [5.41, 5.74) is 0. The average Bonchev–Trinajstić information content (AvgIpc) is 2.62. The standard InChI is InChI=1S/C22H36O2/c1-3-5-16-6-7-21-15-20(13-12-19(21)14-16)17-8-10-18(11-9-17)22(23)24-4-2/h4,16-21H,2-3,5-15H2,1H3. The molecule has 0 N–H and O–H groups in total. The van der Waals surface area contributed by atoms with Crippen LogP contribution in [0.15, 0.2) is 12.8 Å². The molecule has 0 aromatic heterocycles. The summed E-state index contributed by atoms with van der Waals surface area (Å²) >= 11 is 0. The van der Waals surface area contributed by atoms with Gasteiger partial charge in [0, 0.05) is 0 Å². The molecule has 24 heavy (non-hydrogen) atoms. The average molecular weight is 333 g/mol. The number of esters is 1. The zero-order valence-corrected chi connectivity index (χ0v) is 15.6. The largest absolute Gasteiger partial charge is 0.435 e. The van der Waals surface area contributed by atoms with Crippen LogP contribution in [-0.4, -0.2) is 5.97 Å². The maximum atomic E-state index is 11.9. The Morgan fingerprint density at radius 1 is 0.917 bits per heavy atom. The van der Waals surface area contributed by atoms with Crippen LogP contribution in [0, 0.1) is 35.5 Å². The Bertz CT molecular complexity index is 422. The van der Waals surface area contributed by atoms with E-state index in [1.807, 2.05) is 0 Å². The molecule has 0 aliphatic heterocycles. The van der Waals surface area contributed by atoms with E-state index in [1.54, 1.807) is 0 Å². The predicted molar refractivity (Wildman–Crippen MR) is 98.3 cm³/mol. The zero-order valence-electron chi connectivity index (χ0n) is 15.6. The van der Waals surface area contributed by atoms with E-state index in [-0.39, 0.29) is 11.9 Å². The Morgan fingerprint density at radius 3 is 2.17 bits per heavy atom. The summed E-state index contributed by atoms with van der Waals surface area (Å²) in [7, 11) is 0. The quantitative estimate of drug-likeness (QED) is 0.448. The van der Waals surface area contributed by atoms with Gasteiger partial charge in [-0.3, -0.25) is 4.79 Å². The van der Waals surface area contributed by atoms with Crippen LogP contribution in [0.2, 0.25) is 0 Å². The van der Waals surface area contributed by atoms with Crippen LogP contribution in [0.3, 0.4) is 0 Å². The molecule has 4 atom stereocenters. The third kappa shape index (κ3) is 4.24.